The minimum atomic E-state index is -1.08. The van der Waals surface area contributed by atoms with Crippen LogP contribution in [0.5, 0.6) is 5.75 Å². The smallest absolute Gasteiger partial charge is 0.306 e. The number of amides is 1. The van der Waals surface area contributed by atoms with Gasteiger partial charge >= 0.3 is 5.97 Å². The second-order valence-electron chi connectivity index (χ2n) is 5.89. The molecule has 8 nitrogen and oxygen atoms in total. The van der Waals surface area contributed by atoms with Crippen molar-refractivity contribution in [2.24, 2.45) is 0 Å². The molecule has 0 aliphatic rings. The molecule has 0 heterocycles. The van der Waals surface area contributed by atoms with Gasteiger partial charge in [0.1, 0.15) is 11.6 Å². The van der Waals surface area contributed by atoms with Crippen LogP contribution in [-0.4, -0.2) is 30.0 Å². The van der Waals surface area contributed by atoms with Gasteiger partial charge in [-0.2, -0.15) is 0 Å². The molecule has 0 unspecified atom stereocenters. The number of methoxy groups -OCH3 is 1. The normalized spacial score (nSPS) is 11.4. The lowest BCUT2D eigenvalue weighted by Gasteiger charge is -2.15. The number of nitrogens with one attached hydrogen (secondary N) is 1. The van der Waals surface area contributed by atoms with Crippen molar-refractivity contribution in [2.75, 3.05) is 12.4 Å². The van der Waals surface area contributed by atoms with E-state index < -0.39 is 22.9 Å². The summed E-state index contributed by atoms with van der Waals surface area (Å²) in [4.78, 5) is 34.4. The van der Waals surface area contributed by atoms with E-state index in [0.29, 0.717) is 6.42 Å². The molecule has 2 rings (SSSR count). The zero-order valence-corrected chi connectivity index (χ0v) is 15.3. The molecule has 0 fully saturated rings. The van der Waals surface area contributed by atoms with Crippen LogP contribution in [0.3, 0.4) is 0 Å². The Morgan fingerprint density at radius 1 is 1.21 bits per heavy atom. The minimum absolute atomic E-state index is 0.0319. The number of rotatable bonds is 8. The van der Waals surface area contributed by atoms with Crippen molar-refractivity contribution < 1.29 is 28.4 Å². The Balaban J connectivity index is 1.90. The van der Waals surface area contributed by atoms with E-state index in [-0.39, 0.29) is 29.4 Å². The van der Waals surface area contributed by atoms with Crippen molar-refractivity contribution in [3.8, 4) is 5.75 Å². The topological polar surface area (TPSA) is 108 Å². The maximum absolute atomic E-state index is 12.9. The van der Waals surface area contributed by atoms with Gasteiger partial charge < -0.3 is 14.8 Å². The first-order valence-electron chi connectivity index (χ1n) is 8.37. The number of ether oxygens (including phenoxy) is 2. The lowest BCUT2D eigenvalue weighted by Crippen LogP contribution is -2.30. The molecule has 0 saturated heterocycles. The standard InChI is InChI=1S/C19H19FN2O6/c1-12(28-18(23)10-5-13-3-6-14(20)7-4-13)19(24)21-16-9-8-15(22(25)26)11-17(16)27-2/h3-4,6-9,11-12H,5,10H2,1-2H3,(H,21,24)/t12-/m0/s1. The summed E-state index contributed by atoms with van der Waals surface area (Å²) in [6.07, 6.45) is -0.700. The van der Waals surface area contributed by atoms with Gasteiger partial charge in [0.05, 0.1) is 23.8 Å². The first-order chi connectivity index (χ1) is 13.3. The van der Waals surface area contributed by atoms with E-state index in [1.54, 1.807) is 12.1 Å². The number of esters is 1. The zero-order chi connectivity index (χ0) is 20.7. The lowest BCUT2D eigenvalue weighted by atomic mass is 10.1. The molecule has 0 aliphatic heterocycles. The first kappa shape index (κ1) is 20.8. The van der Waals surface area contributed by atoms with Crippen LogP contribution in [-0.2, 0) is 20.7 Å². The molecule has 0 aromatic heterocycles. The Labute approximate surface area is 160 Å². The summed E-state index contributed by atoms with van der Waals surface area (Å²) in [5.41, 5.74) is 0.800. The van der Waals surface area contributed by atoms with Crippen molar-refractivity contribution in [1.29, 1.82) is 0 Å². The molecule has 0 spiro atoms. The Hall–Kier alpha value is -3.49. The Morgan fingerprint density at radius 3 is 2.50 bits per heavy atom. The van der Waals surface area contributed by atoms with Crippen LogP contribution in [0.1, 0.15) is 18.9 Å². The van der Waals surface area contributed by atoms with E-state index in [9.17, 15) is 24.1 Å². The average molecular weight is 390 g/mol. The van der Waals surface area contributed by atoms with Crippen LogP contribution in [0.2, 0.25) is 0 Å². The van der Waals surface area contributed by atoms with E-state index in [2.05, 4.69) is 5.32 Å². The number of non-ortho nitro benzene ring substituents is 1. The highest BCUT2D eigenvalue weighted by atomic mass is 19.1. The number of nitro benzene ring substituents is 1. The van der Waals surface area contributed by atoms with Gasteiger partial charge in [0.25, 0.3) is 11.6 Å². The van der Waals surface area contributed by atoms with Crippen molar-refractivity contribution in [3.05, 3.63) is 64.0 Å². The Bertz CT molecular complexity index is 869. The SMILES string of the molecule is COc1cc([N+](=O)[O-])ccc1NC(=O)[C@H](C)OC(=O)CCc1ccc(F)cc1. The molecule has 1 atom stereocenters. The molecule has 1 amide bonds. The van der Waals surface area contributed by atoms with Gasteiger partial charge in [0, 0.05) is 12.5 Å². The molecule has 148 valence electrons. The number of halogens is 1. The highest BCUT2D eigenvalue weighted by Crippen LogP contribution is 2.29. The highest BCUT2D eigenvalue weighted by molar-refractivity contribution is 5.96. The summed E-state index contributed by atoms with van der Waals surface area (Å²) in [6, 6.07) is 9.46. The van der Waals surface area contributed by atoms with Crippen LogP contribution in [0.25, 0.3) is 0 Å². The molecule has 9 heteroatoms. The van der Waals surface area contributed by atoms with E-state index in [4.69, 9.17) is 9.47 Å². The van der Waals surface area contributed by atoms with E-state index in [1.807, 2.05) is 0 Å². The molecule has 2 aromatic carbocycles. The van der Waals surface area contributed by atoms with Gasteiger partial charge in [-0.1, -0.05) is 12.1 Å². The summed E-state index contributed by atoms with van der Waals surface area (Å²) >= 11 is 0. The summed E-state index contributed by atoms with van der Waals surface area (Å²) in [7, 11) is 1.31. The lowest BCUT2D eigenvalue weighted by molar-refractivity contribution is -0.384. The third-order valence-electron chi connectivity index (χ3n) is 3.86. The predicted octanol–water partition coefficient (Wildman–Crippen LogP) is 3.25. The Kier molecular flexibility index (Phi) is 7.02. The number of benzene rings is 2. The monoisotopic (exact) mass is 390 g/mol. The van der Waals surface area contributed by atoms with Crippen molar-refractivity contribution >= 4 is 23.3 Å². The molecular weight excluding hydrogens is 371 g/mol. The van der Waals surface area contributed by atoms with E-state index >= 15 is 0 Å². The molecule has 0 radical (unpaired) electrons. The van der Waals surface area contributed by atoms with Crippen molar-refractivity contribution in [1.82, 2.24) is 0 Å². The number of hydrogen-bond donors (Lipinski definition) is 1. The number of anilines is 1. The number of nitrogens with zero attached hydrogens (tertiary/aromatic N) is 1. The molecule has 28 heavy (non-hydrogen) atoms. The molecule has 1 N–H and O–H groups in total. The third-order valence-corrected chi connectivity index (χ3v) is 3.86. The zero-order valence-electron chi connectivity index (χ0n) is 15.3. The first-order valence-corrected chi connectivity index (χ1v) is 8.37. The van der Waals surface area contributed by atoms with Gasteiger partial charge in [-0.25, -0.2) is 4.39 Å². The fourth-order valence-corrected chi connectivity index (χ4v) is 2.34. The maximum atomic E-state index is 12.9. The van der Waals surface area contributed by atoms with Gasteiger partial charge in [-0.15, -0.1) is 0 Å². The van der Waals surface area contributed by atoms with Gasteiger partial charge in [-0.3, -0.25) is 19.7 Å². The van der Waals surface area contributed by atoms with Crippen LogP contribution in [0, 0.1) is 15.9 Å². The Morgan fingerprint density at radius 2 is 1.89 bits per heavy atom. The van der Waals surface area contributed by atoms with E-state index in [0.717, 1.165) is 5.56 Å². The number of carbonyl (C=O) groups excluding carboxylic acids is 2. The van der Waals surface area contributed by atoms with Gasteiger partial charge in [0.15, 0.2) is 6.10 Å². The minimum Gasteiger partial charge on any atom is -0.494 e. The number of carbonyl (C=O) groups is 2. The summed E-state index contributed by atoms with van der Waals surface area (Å²) in [5, 5.41) is 13.3. The maximum Gasteiger partial charge on any atom is 0.306 e. The number of hydrogen-bond acceptors (Lipinski definition) is 6. The third kappa shape index (κ3) is 5.76. The number of aryl methyl sites for hydroxylation is 1. The predicted molar refractivity (Wildman–Crippen MR) is 98.6 cm³/mol. The summed E-state index contributed by atoms with van der Waals surface area (Å²) in [5.74, 6) is -1.44. The molecule has 0 bridgehead atoms. The van der Waals surface area contributed by atoms with Crippen LogP contribution < -0.4 is 10.1 Å². The quantitative estimate of drug-likeness (QED) is 0.421. The largest absolute Gasteiger partial charge is 0.494 e. The molecule has 0 saturated carbocycles. The molecular formula is C19H19FN2O6. The van der Waals surface area contributed by atoms with Crippen LogP contribution in [0.4, 0.5) is 15.8 Å². The van der Waals surface area contributed by atoms with Gasteiger partial charge in [-0.05, 0) is 37.1 Å². The second-order valence-corrected chi connectivity index (χ2v) is 5.89. The second kappa shape index (κ2) is 9.45. The fraction of sp³-hybridized carbons (Fsp3) is 0.263. The van der Waals surface area contributed by atoms with Crippen LogP contribution in [0.15, 0.2) is 42.5 Å². The molecule has 0 aliphatic carbocycles. The summed E-state index contributed by atoms with van der Waals surface area (Å²) in [6.45, 7) is 1.41. The van der Waals surface area contributed by atoms with E-state index in [1.165, 1.54) is 44.4 Å². The van der Waals surface area contributed by atoms with Crippen molar-refractivity contribution in [3.63, 3.8) is 0 Å². The highest BCUT2D eigenvalue weighted by Gasteiger charge is 2.20. The van der Waals surface area contributed by atoms with Crippen molar-refractivity contribution in [2.45, 2.75) is 25.9 Å². The van der Waals surface area contributed by atoms with Crippen LogP contribution >= 0.6 is 0 Å². The number of nitro groups is 1. The average Bonchev–Trinajstić information content (AvgIpc) is 2.67. The summed E-state index contributed by atoms with van der Waals surface area (Å²) < 4.78 is 23.0. The fourth-order valence-electron chi connectivity index (χ4n) is 2.34. The van der Waals surface area contributed by atoms with Gasteiger partial charge in [0.2, 0.25) is 0 Å². The molecule has 2 aromatic rings.